The van der Waals surface area contributed by atoms with E-state index in [-0.39, 0.29) is 5.91 Å². The van der Waals surface area contributed by atoms with Crippen molar-refractivity contribution < 1.29 is 4.79 Å². The lowest BCUT2D eigenvalue weighted by molar-refractivity contribution is -0.135. The molecule has 0 fully saturated rings. The number of nitrogens with zero attached hydrogens (tertiary/aromatic N) is 2. The average Bonchev–Trinajstić information content (AvgIpc) is 2.69. The fourth-order valence-electron chi connectivity index (χ4n) is 1.27. The summed E-state index contributed by atoms with van der Waals surface area (Å²) in [4.78, 5) is 20.5. The maximum absolute atomic E-state index is 11.9. The Morgan fingerprint density at radius 1 is 1.73 bits per heavy atom. The van der Waals surface area contributed by atoms with Crippen LogP contribution in [0.1, 0.15) is 26.1 Å². The zero-order chi connectivity index (χ0) is 11.5. The highest BCUT2D eigenvalue weighted by atomic mass is 16.2. The van der Waals surface area contributed by atoms with E-state index in [0.717, 1.165) is 5.82 Å². The molecule has 1 amide bonds. The summed E-state index contributed by atoms with van der Waals surface area (Å²) < 4.78 is 0. The number of carbonyl (C=O) groups excluding carboxylic acids is 1. The van der Waals surface area contributed by atoms with Crippen molar-refractivity contribution in [1.29, 1.82) is 0 Å². The molecule has 1 heterocycles. The first-order valence-corrected chi connectivity index (χ1v) is 5.00. The SMILES string of the molecule is CCC(C)(N)C(=O)N(C)Cc1ncc[nH]1. The Morgan fingerprint density at radius 2 is 2.40 bits per heavy atom. The summed E-state index contributed by atoms with van der Waals surface area (Å²) >= 11 is 0. The van der Waals surface area contributed by atoms with E-state index >= 15 is 0 Å². The van der Waals surface area contributed by atoms with Crippen molar-refractivity contribution in [2.75, 3.05) is 7.05 Å². The van der Waals surface area contributed by atoms with Gasteiger partial charge >= 0.3 is 0 Å². The maximum Gasteiger partial charge on any atom is 0.242 e. The molecule has 0 aliphatic rings. The van der Waals surface area contributed by atoms with Crippen LogP contribution >= 0.6 is 0 Å². The molecule has 1 aromatic heterocycles. The summed E-state index contributed by atoms with van der Waals surface area (Å²) in [5.74, 6) is 0.694. The lowest BCUT2D eigenvalue weighted by Gasteiger charge is -2.27. The topological polar surface area (TPSA) is 75.0 Å². The highest BCUT2D eigenvalue weighted by molar-refractivity contribution is 5.85. The van der Waals surface area contributed by atoms with E-state index in [0.29, 0.717) is 13.0 Å². The number of H-pyrrole nitrogens is 1. The molecule has 0 spiro atoms. The lowest BCUT2D eigenvalue weighted by Crippen LogP contribution is -2.51. The van der Waals surface area contributed by atoms with E-state index in [4.69, 9.17) is 5.73 Å². The van der Waals surface area contributed by atoms with Crippen LogP contribution in [0.25, 0.3) is 0 Å². The van der Waals surface area contributed by atoms with Gasteiger partial charge < -0.3 is 15.6 Å². The van der Waals surface area contributed by atoms with E-state index in [1.54, 1.807) is 31.3 Å². The monoisotopic (exact) mass is 210 g/mol. The molecule has 0 saturated carbocycles. The Kier molecular flexibility index (Phi) is 3.47. The molecule has 1 aromatic rings. The number of hydrogen-bond donors (Lipinski definition) is 2. The van der Waals surface area contributed by atoms with Gasteiger partial charge in [0.2, 0.25) is 5.91 Å². The fourth-order valence-corrected chi connectivity index (χ4v) is 1.27. The zero-order valence-electron chi connectivity index (χ0n) is 9.45. The molecule has 1 rings (SSSR count). The van der Waals surface area contributed by atoms with Crippen LogP contribution in [-0.4, -0.2) is 33.4 Å². The summed E-state index contributed by atoms with van der Waals surface area (Å²) in [6.45, 7) is 4.10. The molecule has 0 saturated heterocycles. The number of imidazole rings is 1. The van der Waals surface area contributed by atoms with Gasteiger partial charge in [-0.05, 0) is 13.3 Å². The Labute approximate surface area is 89.7 Å². The van der Waals surface area contributed by atoms with E-state index in [2.05, 4.69) is 9.97 Å². The number of nitrogens with two attached hydrogens (primary N) is 1. The van der Waals surface area contributed by atoms with Crippen molar-refractivity contribution in [2.24, 2.45) is 5.73 Å². The predicted octanol–water partition coefficient (Wildman–Crippen LogP) is 0.495. The van der Waals surface area contributed by atoms with Gasteiger partial charge in [-0.3, -0.25) is 4.79 Å². The van der Waals surface area contributed by atoms with Gasteiger partial charge in [0.25, 0.3) is 0 Å². The predicted molar refractivity (Wildman–Crippen MR) is 57.9 cm³/mol. The van der Waals surface area contributed by atoms with Crippen molar-refractivity contribution in [3.05, 3.63) is 18.2 Å². The van der Waals surface area contributed by atoms with Crippen LogP contribution in [0.4, 0.5) is 0 Å². The summed E-state index contributed by atoms with van der Waals surface area (Å²) in [6.07, 6.45) is 4.01. The van der Waals surface area contributed by atoms with Crippen LogP contribution in [-0.2, 0) is 11.3 Å². The molecule has 0 aliphatic heterocycles. The summed E-state index contributed by atoms with van der Waals surface area (Å²) in [5, 5.41) is 0. The molecule has 0 radical (unpaired) electrons. The van der Waals surface area contributed by atoms with Gasteiger partial charge in [0.15, 0.2) is 0 Å². The van der Waals surface area contributed by atoms with Crippen LogP contribution in [0, 0.1) is 0 Å². The summed E-state index contributed by atoms with van der Waals surface area (Å²) in [6, 6.07) is 0. The number of rotatable bonds is 4. The van der Waals surface area contributed by atoms with Gasteiger partial charge in [0, 0.05) is 19.4 Å². The van der Waals surface area contributed by atoms with E-state index < -0.39 is 5.54 Å². The Morgan fingerprint density at radius 3 is 2.87 bits per heavy atom. The Hall–Kier alpha value is -1.36. The normalized spacial score (nSPS) is 14.7. The van der Waals surface area contributed by atoms with E-state index in [9.17, 15) is 4.79 Å². The number of likely N-dealkylation sites (N-methyl/N-ethyl adjacent to an activating group) is 1. The molecule has 15 heavy (non-hydrogen) atoms. The van der Waals surface area contributed by atoms with Crippen LogP contribution < -0.4 is 5.73 Å². The third-order valence-corrected chi connectivity index (χ3v) is 2.51. The van der Waals surface area contributed by atoms with Gasteiger partial charge in [-0.25, -0.2) is 4.98 Å². The first kappa shape index (κ1) is 11.7. The highest BCUT2D eigenvalue weighted by Gasteiger charge is 2.29. The van der Waals surface area contributed by atoms with Gasteiger partial charge in [-0.15, -0.1) is 0 Å². The molecule has 0 aliphatic carbocycles. The average molecular weight is 210 g/mol. The minimum atomic E-state index is -0.790. The first-order valence-electron chi connectivity index (χ1n) is 5.00. The van der Waals surface area contributed by atoms with Crippen molar-refractivity contribution in [3.8, 4) is 0 Å². The van der Waals surface area contributed by atoms with Crippen LogP contribution in [0.2, 0.25) is 0 Å². The molecular weight excluding hydrogens is 192 g/mol. The molecule has 3 N–H and O–H groups in total. The van der Waals surface area contributed by atoms with Crippen molar-refractivity contribution in [1.82, 2.24) is 14.9 Å². The van der Waals surface area contributed by atoms with Crippen molar-refractivity contribution >= 4 is 5.91 Å². The van der Waals surface area contributed by atoms with Gasteiger partial charge in [0.1, 0.15) is 5.82 Å². The minimum Gasteiger partial charge on any atom is -0.347 e. The first-order chi connectivity index (χ1) is 6.97. The van der Waals surface area contributed by atoms with Crippen LogP contribution in [0.3, 0.4) is 0 Å². The molecule has 1 atom stereocenters. The second-order valence-electron chi connectivity index (χ2n) is 3.97. The largest absolute Gasteiger partial charge is 0.347 e. The highest BCUT2D eigenvalue weighted by Crippen LogP contribution is 2.10. The molecule has 5 nitrogen and oxygen atoms in total. The van der Waals surface area contributed by atoms with E-state index in [1.165, 1.54) is 0 Å². The van der Waals surface area contributed by atoms with Gasteiger partial charge in [-0.1, -0.05) is 6.92 Å². The number of amides is 1. The fraction of sp³-hybridized carbons (Fsp3) is 0.600. The third kappa shape index (κ3) is 2.79. The number of hydrogen-bond acceptors (Lipinski definition) is 3. The molecule has 1 unspecified atom stereocenters. The maximum atomic E-state index is 11.9. The second kappa shape index (κ2) is 4.44. The van der Waals surface area contributed by atoms with Gasteiger partial charge in [0.05, 0.1) is 12.1 Å². The quantitative estimate of drug-likeness (QED) is 0.759. The molecule has 5 heteroatoms. The number of aromatic nitrogens is 2. The van der Waals surface area contributed by atoms with Crippen LogP contribution in [0.15, 0.2) is 12.4 Å². The molecule has 84 valence electrons. The Balaban J connectivity index is 2.61. The minimum absolute atomic E-state index is 0.0681. The number of carbonyl (C=O) groups is 1. The molecule has 0 bridgehead atoms. The van der Waals surface area contributed by atoms with Gasteiger partial charge in [-0.2, -0.15) is 0 Å². The smallest absolute Gasteiger partial charge is 0.242 e. The number of aromatic amines is 1. The van der Waals surface area contributed by atoms with Crippen molar-refractivity contribution in [2.45, 2.75) is 32.4 Å². The molecular formula is C10H18N4O. The third-order valence-electron chi connectivity index (χ3n) is 2.51. The Bertz CT molecular complexity index is 318. The summed E-state index contributed by atoms with van der Waals surface area (Å²) in [7, 11) is 1.73. The zero-order valence-corrected chi connectivity index (χ0v) is 9.45. The van der Waals surface area contributed by atoms with Crippen molar-refractivity contribution in [3.63, 3.8) is 0 Å². The second-order valence-corrected chi connectivity index (χ2v) is 3.97. The summed E-state index contributed by atoms with van der Waals surface area (Å²) in [5.41, 5.74) is 5.08. The number of nitrogens with one attached hydrogen (secondary N) is 1. The van der Waals surface area contributed by atoms with E-state index in [1.807, 2.05) is 6.92 Å². The van der Waals surface area contributed by atoms with Crippen LogP contribution in [0.5, 0.6) is 0 Å². The lowest BCUT2D eigenvalue weighted by atomic mass is 9.99. The standard InChI is InChI=1S/C10H18N4O/c1-4-10(2,11)9(15)14(3)7-8-12-5-6-13-8/h5-6H,4,7,11H2,1-3H3,(H,12,13). The molecule has 0 aromatic carbocycles.